The number of nitrogens with one attached hydrogen (secondary N) is 1. The van der Waals surface area contributed by atoms with Gasteiger partial charge in [-0.2, -0.15) is 0 Å². The number of rotatable bonds is 2. The molecule has 0 spiro atoms. The predicted octanol–water partition coefficient (Wildman–Crippen LogP) is 2.17. The van der Waals surface area contributed by atoms with Gasteiger partial charge >= 0.3 is 0 Å². The summed E-state index contributed by atoms with van der Waals surface area (Å²) in [7, 11) is -3.14. The fraction of sp³-hybridized carbons (Fsp3) is 0.571. The van der Waals surface area contributed by atoms with Gasteiger partial charge in [-0.3, -0.25) is 0 Å². The van der Waals surface area contributed by atoms with E-state index in [0.717, 1.165) is 37.1 Å². The van der Waals surface area contributed by atoms with E-state index in [1.54, 1.807) is 0 Å². The SMILES string of the molecule is Cc1cc(C2CCNCC2)c(S(C)(=O)=O)cc1C. The maximum absolute atomic E-state index is 11.9. The molecule has 1 heterocycles. The predicted molar refractivity (Wildman–Crippen MR) is 73.9 cm³/mol. The first-order chi connectivity index (χ1) is 8.39. The van der Waals surface area contributed by atoms with E-state index in [1.165, 1.54) is 11.8 Å². The number of sulfone groups is 1. The van der Waals surface area contributed by atoms with Crippen LogP contribution in [-0.2, 0) is 9.84 Å². The molecule has 1 N–H and O–H groups in total. The molecule has 3 nitrogen and oxygen atoms in total. The summed E-state index contributed by atoms with van der Waals surface area (Å²) in [4.78, 5) is 0.525. The van der Waals surface area contributed by atoms with Gasteiger partial charge in [0.25, 0.3) is 0 Å². The summed E-state index contributed by atoms with van der Waals surface area (Å²) < 4.78 is 23.9. The molecular weight excluding hydrogens is 246 g/mol. The lowest BCUT2D eigenvalue weighted by Crippen LogP contribution is -2.27. The van der Waals surface area contributed by atoms with Crippen LogP contribution in [0.25, 0.3) is 0 Å². The van der Waals surface area contributed by atoms with Crippen LogP contribution in [0.3, 0.4) is 0 Å². The third kappa shape index (κ3) is 2.75. The zero-order chi connectivity index (χ0) is 13.3. The minimum Gasteiger partial charge on any atom is -0.317 e. The van der Waals surface area contributed by atoms with Gasteiger partial charge in [0.05, 0.1) is 4.90 Å². The summed E-state index contributed by atoms with van der Waals surface area (Å²) in [6.45, 7) is 5.96. The van der Waals surface area contributed by atoms with E-state index in [2.05, 4.69) is 11.4 Å². The third-order valence-electron chi connectivity index (χ3n) is 3.80. The Morgan fingerprint density at radius 1 is 1.11 bits per heavy atom. The zero-order valence-corrected chi connectivity index (χ0v) is 12.1. The van der Waals surface area contributed by atoms with Gasteiger partial charge in [0.2, 0.25) is 0 Å². The maximum Gasteiger partial charge on any atom is 0.175 e. The summed E-state index contributed by atoms with van der Waals surface area (Å²) in [5.74, 6) is 0.371. The van der Waals surface area contributed by atoms with Crippen molar-refractivity contribution in [2.45, 2.75) is 37.5 Å². The Morgan fingerprint density at radius 2 is 1.67 bits per heavy atom. The number of hydrogen-bond acceptors (Lipinski definition) is 3. The van der Waals surface area contributed by atoms with Crippen LogP contribution in [0.5, 0.6) is 0 Å². The number of benzene rings is 1. The van der Waals surface area contributed by atoms with Crippen molar-refractivity contribution in [3.8, 4) is 0 Å². The monoisotopic (exact) mass is 267 g/mol. The molecule has 1 aromatic rings. The van der Waals surface area contributed by atoms with Gasteiger partial charge in [-0.1, -0.05) is 6.07 Å². The second-order valence-electron chi connectivity index (χ2n) is 5.27. The van der Waals surface area contributed by atoms with Crippen molar-refractivity contribution in [3.63, 3.8) is 0 Å². The van der Waals surface area contributed by atoms with Gasteiger partial charge in [0.15, 0.2) is 9.84 Å². The first-order valence-electron chi connectivity index (χ1n) is 6.41. The maximum atomic E-state index is 11.9. The van der Waals surface area contributed by atoms with E-state index in [0.29, 0.717) is 10.8 Å². The van der Waals surface area contributed by atoms with Crippen LogP contribution in [0, 0.1) is 13.8 Å². The van der Waals surface area contributed by atoms with Gasteiger partial charge in [0, 0.05) is 6.26 Å². The quantitative estimate of drug-likeness (QED) is 0.893. The van der Waals surface area contributed by atoms with Crippen LogP contribution in [0.2, 0.25) is 0 Å². The molecule has 0 radical (unpaired) electrons. The molecular formula is C14H21NO2S. The molecule has 1 fully saturated rings. The molecule has 0 bridgehead atoms. The van der Waals surface area contributed by atoms with Crippen LogP contribution >= 0.6 is 0 Å². The highest BCUT2D eigenvalue weighted by Crippen LogP contribution is 2.32. The normalized spacial score (nSPS) is 17.9. The Bertz CT molecular complexity index is 543. The average molecular weight is 267 g/mol. The molecule has 18 heavy (non-hydrogen) atoms. The Kier molecular flexibility index (Phi) is 3.78. The van der Waals surface area contributed by atoms with Crippen LogP contribution in [0.1, 0.15) is 35.4 Å². The summed E-state index contributed by atoms with van der Waals surface area (Å²) >= 11 is 0. The molecule has 1 aliphatic heterocycles. The van der Waals surface area contributed by atoms with Crippen LogP contribution in [0.15, 0.2) is 17.0 Å². The molecule has 1 aromatic carbocycles. The topological polar surface area (TPSA) is 46.2 Å². The standard InChI is InChI=1S/C14H21NO2S/c1-10-8-13(12-4-6-15-7-5-12)14(9-11(10)2)18(3,16)17/h8-9,12,15H,4-7H2,1-3H3. The smallest absolute Gasteiger partial charge is 0.175 e. The number of hydrogen-bond donors (Lipinski definition) is 1. The van der Waals surface area contributed by atoms with Crippen LogP contribution in [-0.4, -0.2) is 27.8 Å². The van der Waals surface area contributed by atoms with Crippen molar-refractivity contribution in [2.75, 3.05) is 19.3 Å². The summed E-state index contributed by atoms with van der Waals surface area (Å²) in [6.07, 6.45) is 3.34. The average Bonchev–Trinajstić information content (AvgIpc) is 2.32. The first kappa shape index (κ1) is 13.6. The van der Waals surface area contributed by atoms with Crippen molar-refractivity contribution in [1.29, 1.82) is 0 Å². The van der Waals surface area contributed by atoms with Crippen molar-refractivity contribution in [1.82, 2.24) is 5.32 Å². The van der Waals surface area contributed by atoms with E-state index in [9.17, 15) is 8.42 Å². The third-order valence-corrected chi connectivity index (χ3v) is 4.96. The van der Waals surface area contributed by atoms with E-state index >= 15 is 0 Å². The largest absolute Gasteiger partial charge is 0.317 e. The second kappa shape index (κ2) is 5.02. The number of aryl methyl sites for hydroxylation is 2. The van der Waals surface area contributed by atoms with Gasteiger partial charge in [-0.05, 0) is 68.5 Å². The molecule has 0 amide bonds. The highest BCUT2D eigenvalue weighted by Gasteiger charge is 2.23. The Labute approximate surface area is 110 Å². The molecule has 0 saturated carbocycles. The lowest BCUT2D eigenvalue weighted by Gasteiger charge is -2.25. The molecule has 100 valence electrons. The van der Waals surface area contributed by atoms with Crippen LogP contribution in [0.4, 0.5) is 0 Å². The van der Waals surface area contributed by atoms with E-state index in [-0.39, 0.29) is 0 Å². The summed E-state index contributed by atoms with van der Waals surface area (Å²) in [5.41, 5.74) is 3.24. The molecule has 1 aliphatic rings. The molecule has 2 rings (SSSR count). The van der Waals surface area contributed by atoms with Gasteiger partial charge in [-0.15, -0.1) is 0 Å². The minimum absolute atomic E-state index is 0.371. The summed E-state index contributed by atoms with van der Waals surface area (Å²) in [6, 6.07) is 3.91. The zero-order valence-electron chi connectivity index (χ0n) is 11.3. The molecule has 1 saturated heterocycles. The molecule has 4 heteroatoms. The number of piperidine rings is 1. The highest BCUT2D eigenvalue weighted by molar-refractivity contribution is 7.90. The highest BCUT2D eigenvalue weighted by atomic mass is 32.2. The lowest BCUT2D eigenvalue weighted by molar-refractivity contribution is 0.455. The van der Waals surface area contributed by atoms with Crippen molar-refractivity contribution >= 4 is 9.84 Å². The van der Waals surface area contributed by atoms with Gasteiger partial charge < -0.3 is 5.32 Å². The van der Waals surface area contributed by atoms with Gasteiger partial charge in [-0.25, -0.2) is 8.42 Å². The molecule has 0 atom stereocenters. The molecule has 0 unspecified atom stereocenters. The fourth-order valence-corrected chi connectivity index (χ4v) is 3.63. The molecule has 0 aliphatic carbocycles. The van der Waals surface area contributed by atoms with Crippen molar-refractivity contribution < 1.29 is 8.42 Å². The minimum atomic E-state index is -3.14. The first-order valence-corrected chi connectivity index (χ1v) is 8.30. The Hall–Kier alpha value is -0.870. The van der Waals surface area contributed by atoms with Gasteiger partial charge in [0.1, 0.15) is 0 Å². The second-order valence-corrected chi connectivity index (χ2v) is 7.25. The van der Waals surface area contributed by atoms with E-state index < -0.39 is 9.84 Å². The summed E-state index contributed by atoms with van der Waals surface area (Å²) in [5, 5.41) is 3.32. The Morgan fingerprint density at radius 3 is 2.22 bits per heavy atom. The fourth-order valence-electron chi connectivity index (χ4n) is 2.59. The van der Waals surface area contributed by atoms with E-state index in [4.69, 9.17) is 0 Å². The Balaban J connectivity index is 2.53. The van der Waals surface area contributed by atoms with Crippen molar-refractivity contribution in [3.05, 3.63) is 28.8 Å². The van der Waals surface area contributed by atoms with E-state index in [1.807, 2.05) is 19.9 Å². The lowest BCUT2D eigenvalue weighted by atomic mass is 9.88. The molecule has 0 aromatic heterocycles. The van der Waals surface area contributed by atoms with Crippen LogP contribution < -0.4 is 5.32 Å². The van der Waals surface area contributed by atoms with Crippen molar-refractivity contribution in [2.24, 2.45) is 0 Å².